The zero-order chi connectivity index (χ0) is 17.9. The van der Waals surface area contributed by atoms with Crippen LogP contribution in [0.2, 0.25) is 5.15 Å². The topological polar surface area (TPSA) is 105 Å². The number of halogens is 1. The van der Waals surface area contributed by atoms with Crippen LogP contribution in [0.25, 0.3) is 0 Å². The van der Waals surface area contributed by atoms with Gasteiger partial charge in [-0.1, -0.05) is 23.4 Å². The van der Waals surface area contributed by atoms with E-state index >= 15 is 0 Å². The van der Waals surface area contributed by atoms with Gasteiger partial charge in [-0.3, -0.25) is 10.1 Å². The van der Waals surface area contributed by atoms with Crippen LogP contribution in [0.1, 0.15) is 5.56 Å². The zero-order valence-corrected chi connectivity index (χ0v) is 14.6. The highest BCUT2D eigenvalue weighted by molar-refractivity contribution is 7.98. The summed E-state index contributed by atoms with van der Waals surface area (Å²) in [5, 5.41) is 20.3. The Morgan fingerprint density at radius 1 is 1.42 bits per heavy atom. The standard InChI is InChI=1S/C14H12ClN5O3S/c1-19(2)10-6-9(5-4-8(10)7-16)23-13-11(20(21)22)12(15)17-14(18-13)24-3/h4-6H,1-3H3. The maximum absolute atomic E-state index is 11.2. The second-order valence-electron chi connectivity index (χ2n) is 4.70. The molecule has 0 N–H and O–H groups in total. The van der Waals surface area contributed by atoms with Crippen LogP contribution >= 0.6 is 23.4 Å². The van der Waals surface area contributed by atoms with Gasteiger partial charge in [0.1, 0.15) is 11.8 Å². The van der Waals surface area contributed by atoms with Gasteiger partial charge in [-0.2, -0.15) is 10.2 Å². The fourth-order valence-electron chi connectivity index (χ4n) is 1.86. The van der Waals surface area contributed by atoms with Crippen molar-refractivity contribution in [1.29, 1.82) is 5.26 Å². The van der Waals surface area contributed by atoms with E-state index in [1.807, 2.05) is 0 Å². The molecule has 0 bridgehead atoms. The lowest BCUT2D eigenvalue weighted by Crippen LogP contribution is -2.10. The summed E-state index contributed by atoms with van der Waals surface area (Å²) in [6.45, 7) is 0. The Morgan fingerprint density at radius 2 is 2.12 bits per heavy atom. The first-order valence-corrected chi connectivity index (χ1v) is 8.13. The fraction of sp³-hybridized carbons (Fsp3) is 0.214. The lowest BCUT2D eigenvalue weighted by molar-refractivity contribution is -0.386. The van der Waals surface area contributed by atoms with E-state index in [-0.39, 0.29) is 16.2 Å². The van der Waals surface area contributed by atoms with Gasteiger partial charge in [0.25, 0.3) is 0 Å². The Labute approximate surface area is 147 Å². The Balaban J connectivity index is 2.52. The van der Waals surface area contributed by atoms with Crippen molar-refractivity contribution in [3.63, 3.8) is 0 Å². The molecule has 124 valence electrons. The molecule has 0 saturated heterocycles. The van der Waals surface area contributed by atoms with Crippen LogP contribution in [0, 0.1) is 21.4 Å². The minimum atomic E-state index is -0.696. The lowest BCUT2D eigenvalue weighted by atomic mass is 10.2. The van der Waals surface area contributed by atoms with Gasteiger partial charge in [-0.25, -0.2) is 4.98 Å². The van der Waals surface area contributed by atoms with Crippen LogP contribution in [0.15, 0.2) is 23.4 Å². The number of nitro groups is 1. The summed E-state index contributed by atoms with van der Waals surface area (Å²) in [4.78, 5) is 20.1. The quantitative estimate of drug-likeness (QED) is 0.260. The third kappa shape index (κ3) is 3.67. The van der Waals surface area contributed by atoms with E-state index in [0.717, 1.165) is 0 Å². The molecule has 0 radical (unpaired) electrons. The summed E-state index contributed by atoms with van der Waals surface area (Å²) in [7, 11) is 3.55. The molecule has 0 unspecified atom stereocenters. The highest BCUT2D eigenvalue weighted by atomic mass is 35.5. The predicted octanol–water partition coefficient (Wildman–Crippen LogP) is 3.49. The van der Waals surface area contributed by atoms with Crippen molar-refractivity contribution in [3.05, 3.63) is 39.0 Å². The maximum atomic E-state index is 11.2. The molecule has 1 aromatic carbocycles. The maximum Gasteiger partial charge on any atom is 0.368 e. The molecule has 1 aromatic heterocycles. The summed E-state index contributed by atoms with van der Waals surface area (Å²) >= 11 is 7.05. The monoisotopic (exact) mass is 365 g/mol. The number of nitriles is 1. The van der Waals surface area contributed by atoms with E-state index in [4.69, 9.17) is 21.6 Å². The Bertz CT molecular complexity index is 838. The number of hydrogen-bond acceptors (Lipinski definition) is 8. The minimum Gasteiger partial charge on any atom is -0.433 e. The Morgan fingerprint density at radius 3 is 2.67 bits per heavy atom. The number of ether oxygens (including phenoxy) is 1. The number of hydrogen-bond donors (Lipinski definition) is 0. The molecular weight excluding hydrogens is 354 g/mol. The van der Waals surface area contributed by atoms with Gasteiger partial charge in [-0.05, 0) is 18.4 Å². The van der Waals surface area contributed by atoms with Crippen LogP contribution in [-0.2, 0) is 0 Å². The molecular formula is C14H12ClN5O3S. The van der Waals surface area contributed by atoms with Crippen molar-refractivity contribution in [2.75, 3.05) is 25.3 Å². The highest BCUT2D eigenvalue weighted by Crippen LogP contribution is 2.37. The Hall–Kier alpha value is -2.57. The lowest BCUT2D eigenvalue weighted by Gasteiger charge is -2.15. The number of benzene rings is 1. The van der Waals surface area contributed by atoms with E-state index in [1.54, 1.807) is 37.4 Å². The SMILES string of the molecule is CSc1nc(Cl)c([N+](=O)[O-])c(Oc2ccc(C#N)c(N(C)C)c2)n1. The molecule has 1 heterocycles. The van der Waals surface area contributed by atoms with Crippen molar-refractivity contribution in [3.8, 4) is 17.7 Å². The van der Waals surface area contributed by atoms with Crippen LogP contribution in [-0.4, -0.2) is 35.2 Å². The van der Waals surface area contributed by atoms with Gasteiger partial charge in [0.05, 0.1) is 16.2 Å². The molecule has 0 atom stereocenters. The van der Waals surface area contributed by atoms with Crippen LogP contribution in [0.4, 0.5) is 11.4 Å². The van der Waals surface area contributed by atoms with Crippen molar-refractivity contribution >= 4 is 34.7 Å². The average molecular weight is 366 g/mol. The first kappa shape index (κ1) is 17.8. The third-order valence-corrected chi connectivity index (χ3v) is 3.75. The van der Waals surface area contributed by atoms with Crippen LogP contribution in [0.3, 0.4) is 0 Å². The van der Waals surface area contributed by atoms with Crippen molar-refractivity contribution < 1.29 is 9.66 Å². The number of nitrogens with zero attached hydrogens (tertiary/aromatic N) is 5. The first-order valence-electron chi connectivity index (χ1n) is 6.52. The molecule has 2 aromatic rings. The summed E-state index contributed by atoms with van der Waals surface area (Å²) in [5.41, 5.74) is 0.556. The molecule has 24 heavy (non-hydrogen) atoms. The Kier molecular flexibility index (Phi) is 5.43. The number of aromatic nitrogens is 2. The second kappa shape index (κ2) is 7.33. The summed E-state index contributed by atoms with van der Waals surface area (Å²) in [5.74, 6) is 0.0429. The van der Waals surface area contributed by atoms with Crippen LogP contribution in [0.5, 0.6) is 11.6 Å². The molecule has 0 saturated carbocycles. The fourth-order valence-corrected chi connectivity index (χ4v) is 2.49. The van der Waals surface area contributed by atoms with Gasteiger partial charge in [0, 0.05) is 20.2 Å². The van der Waals surface area contributed by atoms with E-state index < -0.39 is 10.6 Å². The normalized spacial score (nSPS) is 10.1. The molecule has 0 spiro atoms. The van der Waals surface area contributed by atoms with E-state index in [2.05, 4.69) is 16.0 Å². The van der Waals surface area contributed by atoms with E-state index in [0.29, 0.717) is 17.0 Å². The van der Waals surface area contributed by atoms with Crippen molar-refractivity contribution in [2.24, 2.45) is 0 Å². The second-order valence-corrected chi connectivity index (χ2v) is 5.83. The predicted molar refractivity (Wildman–Crippen MR) is 91.0 cm³/mol. The van der Waals surface area contributed by atoms with Gasteiger partial charge in [0.15, 0.2) is 5.16 Å². The molecule has 0 aliphatic carbocycles. The number of anilines is 1. The largest absolute Gasteiger partial charge is 0.433 e. The molecule has 0 aliphatic heterocycles. The smallest absolute Gasteiger partial charge is 0.368 e. The molecule has 8 nitrogen and oxygen atoms in total. The van der Waals surface area contributed by atoms with Gasteiger partial charge >= 0.3 is 11.6 Å². The zero-order valence-electron chi connectivity index (χ0n) is 13.0. The van der Waals surface area contributed by atoms with Gasteiger partial charge in [0.2, 0.25) is 5.15 Å². The van der Waals surface area contributed by atoms with Gasteiger partial charge < -0.3 is 9.64 Å². The number of thioether (sulfide) groups is 1. The summed E-state index contributed by atoms with van der Waals surface area (Å²) < 4.78 is 5.56. The molecule has 2 rings (SSSR count). The van der Waals surface area contributed by atoms with E-state index in [1.165, 1.54) is 17.8 Å². The molecule has 0 amide bonds. The first-order chi connectivity index (χ1) is 11.4. The molecule has 10 heteroatoms. The number of rotatable bonds is 5. The average Bonchev–Trinajstić information content (AvgIpc) is 2.53. The van der Waals surface area contributed by atoms with Gasteiger partial charge in [-0.15, -0.1) is 0 Å². The summed E-state index contributed by atoms with van der Waals surface area (Å²) in [6, 6.07) is 6.76. The summed E-state index contributed by atoms with van der Waals surface area (Å²) in [6.07, 6.45) is 1.72. The highest BCUT2D eigenvalue weighted by Gasteiger charge is 2.26. The molecule has 0 aliphatic rings. The van der Waals surface area contributed by atoms with Crippen molar-refractivity contribution in [2.45, 2.75) is 5.16 Å². The van der Waals surface area contributed by atoms with Crippen LogP contribution < -0.4 is 9.64 Å². The molecule has 0 fully saturated rings. The van der Waals surface area contributed by atoms with Crippen molar-refractivity contribution in [1.82, 2.24) is 9.97 Å². The van der Waals surface area contributed by atoms with E-state index in [9.17, 15) is 10.1 Å². The third-order valence-electron chi connectivity index (χ3n) is 2.94. The minimum absolute atomic E-state index is 0.251.